The van der Waals surface area contributed by atoms with Crippen LogP contribution < -0.4 is 4.80 Å². The average molecular weight is 445 g/mol. The molecule has 1 aromatic heterocycles. The number of carbonyl (C=O) groups is 1. The van der Waals surface area contributed by atoms with Gasteiger partial charge in [0.05, 0.1) is 5.69 Å². The summed E-state index contributed by atoms with van der Waals surface area (Å²) in [6.07, 6.45) is 1.61. The van der Waals surface area contributed by atoms with Gasteiger partial charge in [0, 0.05) is 21.7 Å². The number of nitrogens with zero attached hydrogens (tertiary/aromatic N) is 2. The van der Waals surface area contributed by atoms with Crippen molar-refractivity contribution in [3.8, 4) is 16.9 Å². The maximum absolute atomic E-state index is 13.1. The summed E-state index contributed by atoms with van der Waals surface area (Å²) in [5.74, 6) is 0.110. The normalized spacial score (nSPS) is 16.4. The molecule has 1 heterocycles. The summed E-state index contributed by atoms with van der Waals surface area (Å²) in [4.78, 5) is 18.9. The largest absolute Gasteiger partial charge is 0.292 e. The second-order valence-corrected chi connectivity index (χ2v) is 9.06. The smallest absolute Gasteiger partial charge is 0.190 e. The third-order valence-electron chi connectivity index (χ3n) is 5.68. The van der Waals surface area contributed by atoms with E-state index in [1.807, 2.05) is 48.5 Å². The zero-order valence-electron chi connectivity index (χ0n) is 17.1. The zero-order valence-corrected chi connectivity index (χ0v) is 18.7. The number of benzene rings is 3. The Morgan fingerprint density at radius 3 is 2.52 bits per heavy atom. The predicted octanol–water partition coefficient (Wildman–Crippen LogP) is 6.27. The summed E-state index contributed by atoms with van der Waals surface area (Å²) >= 11 is 7.67. The maximum atomic E-state index is 13.1. The molecular formula is C26H21ClN2OS. The van der Waals surface area contributed by atoms with E-state index in [-0.39, 0.29) is 11.8 Å². The van der Waals surface area contributed by atoms with Crippen molar-refractivity contribution in [3.63, 3.8) is 0 Å². The molecule has 0 radical (unpaired) electrons. The molecule has 1 aliphatic rings. The molecule has 0 saturated heterocycles. The molecule has 1 atom stereocenters. The fraction of sp³-hybridized carbons (Fsp3) is 0.154. The van der Waals surface area contributed by atoms with E-state index < -0.39 is 0 Å². The van der Waals surface area contributed by atoms with E-state index in [4.69, 9.17) is 16.6 Å². The molecule has 3 aromatic carbocycles. The fourth-order valence-corrected chi connectivity index (χ4v) is 5.09. The van der Waals surface area contributed by atoms with Gasteiger partial charge in [-0.25, -0.2) is 4.99 Å². The highest BCUT2D eigenvalue weighted by atomic mass is 35.5. The molecule has 5 heteroatoms. The Morgan fingerprint density at radius 2 is 1.74 bits per heavy atom. The average Bonchev–Trinajstić information content (AvgIpc) is 3.20. The van der Waals surface area contributed by atoms with Gasteiger partial charge in [0.2, 0.25) is 0 Å². The number of rotatable bonds is 3. The van der Waals surface area contributed by atoms with E-state index in [2.05, 4.69) is 41.1 Å². The molecule has 4 aromatic rings. The van der Waals surface area contributed by atoms with Crippen LogP contribution in [0.2, 0.25) is 5.02 Å². The molecule has 0 aliphatic heterocycles. The van der Waals surface area contributed by atoms with Crippen LogP contribution in [0.25, 0.3) is 16.9 Å². The van der Waals surface area contributed by atoms with Crippen molar-refractivity contribution in [3.05, 3.63) is 105 Å². The Kier molecular flexibility index (Phi) is 5.34. The van der Waals surface area contributed by atoms with E-state index in [0.29, 0.717) is 5.02 Å². The monoisotopic (exact) mass is 444 g/mol. The number of thiazole rings is 1. The van der Waals surface area contributed by atoms with E-state index in [1.165, 1.54) is 5.56 Å². The lowest BCUT2D eigenvalue weighted by Gasteiger charge is -2.20. The highest BCUT2D eigenvalue weighted by molar-refractivity contribution is 7.07. The molecule has 3 nitrogen and oxygen atoms in total. The summed E-state index contributed by atoms with van der Waals surface area (Å²) in [6.45, 7) is 2.07. The summed E-state index contributed by atoms with van der Waals surface area (Å²) in [7, 11) is 0. The summed E-state index contributed by atoms with van der Waals surface area (Å²) < 4.78 is 2.14. The molecule has 154 valence electrons. The van der Waals surface area contributed by atoms with Gasteiger partial charge in [-0.3, -0.25) is 9.36 Å². The number of hydrogen-bond acceptors (Lipinski definition) is 3. The van der Waals surface area contributed by atoms with Crippen molar-refractivity contribution in [2.45, 2.75) is 25.8 Å². The molecule has 0 spiro atoms. The van der Waals surface area contributed by atoms with Crippen LogP contribution in [0.4, 0.5) is 0 Å². The van der Waals surface area contributed by atoms with Gasteiger partial charge in [-0.2, -0.15) is 0 Å². The minimum absolute atomic E-state index is 0.110. The molecular weight excluding hydrogens is 424 g/mol. The van der Waals surface area contributed by atoms with Crippen molar-refractivity contribution in [1.29, 1.82) is 0 Å². The molecule has 31 heavy (non-hydrogen) atoms. The minimum Gasteiger partial charge on any atom is -0.292 e. The van der Waals surface area contributed by atoms with Crippen LogP contribution in [0.15, 0.2) is 83.2 Å². The lowest BCUT2D eigenvalue weighted by molar-refractivity contribution is 0.0948. The molecule has 0 N–H and O–H groups in total. The van der Waals surface area contributed by atoms with Crippen molar-refractivity contribution < 1.29 is 4.79 Å². The van der Waals surface area contributed by atoms with Crippen LogP contribution in [-0.2, 0) is 6.42 Å². The van der Waals surface area contributed by atoms with Gasteiger partial charge in [-0.15, -0.1) is 11.3 Å². The highest BCUT2D eigenvalue weighted by Crippen LogP contribution is 2.27. The highest BCUT2D eigenvalue weighted by Gasteiger charge is 2.27. The van der Waals surface area contributed by atoms with E-state index >= 15 is 0 Å². The van der Waals surface area contributed by atoms with Crippen molar-refractivity contribution >= 4 is 28.7 Å². The Bertz CT molecular complexity index is 1320. The molecule has 1 aliphatic carbocycles. The number of ketones is 1. The van der Waals surface area contributed by atoms with Crippen LogP contribution in [0.1, 0.15) is 27.9 Å². The second kappa shape index (κ2) is 8.29. The van der Waals surface area contributed by atoms with Gasteiger partial charge in [0.25, 0.3) is 0 Å². The van der Waals surface area contributed by atoms with Gasteiger partial charge in [-0.05, 0) is 55.2 Å². The summed E-state index contributed by atoms with van der Waals surface area (Å²) in [5, 5.41) is 2.81. The Balaban J connectivity index is 1.65. The van der Waals surface area contributed by atoms with Crippen LogP contribution in [0.5, 0.6) is 0 Å². The Morgan fingerprint density at radius 1 is 1.00 bits per heavy atom. The van der Waals surface area contributed by atoms with Crippen molar-refractivity contribution in [2.75, 3.05) is 0 Å². The molecule has 0 bridgehead atoms. The van der Waals surface area contributed by atoms with Crippen LogP contribution in [0, 0.1) is 6.92 Å². The fourth-order valence-electron chi connectivity index (χ4n) is 4.00. The number of Topliss-reactive ketones (excluding diaryl/α,β-unsaturated/α-hetero) is 1. The lowest BCUT2D eigenvalue weighted by Crippen LogP contribution is -2.29. The van der Waals surface area contributed by atoms with Gasteiger partial charge in [0.15, 0.2) is 10.6 Å². The van der Waals surface area contributed by atoms with E-state index in [1.54, 1.807) is 11.3 Å². The second-order valence-electron chi connectivity index (χ2n) is 7.79. The Labute approximate surface area is 190 Å². The van der Waals surface area contributed by atoms with E-state index in [9.17, 15) is 4.79 Å². The number of fused-ring (bicyclic) bond motifs is 1. The number of halogens is 1. The third kappa shape index (κ3) is 3.89. The number of aryl methyl sites for hydroxylation is 2. The minimum atomic E-state index is -0.358. The first kappa shape index (κ1) is 20.0. The first-order valence-corrected chi connectivity index (χ1v) is 11.6. The molecule has 0 amide bonds. The topological polar surface area (TPSA) is 34.4 Å². The lowest BCUT2D eigenvalue weighted by atomic mass is 9.87. The van der Waals surface area contributed by atoms with Gasteiger partial charge in [-0.1, -0.05) is 65.7 Å². The number of aromatic nitrogens is 1. The number of carbonyl (C=O) groups excluding carboxylic acids is 1. The zero-order chi connectivity index (χ0) is 21.4. The van der Waals surface area contributed by atoms with Gasteiger partial charge < -0.3 is 0 Å². The first-order chi connectivity index (χ1) is 15.1. The van der Waals surface area contributed by atoms with Crippen molar-refractivity contribution in [1.82, 2.24) is 4.57 Å². The summed E-state index contributed by atoms with van der Waals surface area (Å²) in [6, 6.07) is 23.7. The van der Waals surface area contributed by atoms with Crippen molar-refractivity contribution in [2.24, 2.45) is 4.99 Å². The van der Waals surface area contributed by atoms with E-state index in [0.717, 1.165) is 45.7 Å². The summed E-state index contributed by atoms with van der Waals surface area (Å²) in [5.41, 5.74) is 6.25. The molecule has 1 unspecified atom stereocenters. The van der Waals surface area contributed by atoms with Gasteiger partial charge >= 0.3 is 0 Å². The first-order valence-electron chi connectivity index (χ1n) is 10.3. The van der Waals surface area contributed by atoms with Crippen LogP contribution in [0.3, 0.4) is 0 Å². The quantitative estimate of drug-likeness (QED) is 0.367. The maximum Gasteiger partial charge on any atom is 0.190 e. The molecule has 0 fully saturated rings. The number of hydrogen-bond donors (Lipinski definition) is 0. The Hall–Kier alpha value is -2.95. The SMILES string of the molecule is Cc1ccc(-n2c(-c3ccc(Cl)cc3)csc2=NC2CCc3ccccc3C2=O)cc1. The third-order valence-corrected chi connectivity index (χ3v) is 6.77. The predicted molar refractivity (Wildman–Crippen MR) is 127 cm³/mol. The van der Waals surface area contributed by atoms with Crippen LogP contribution >= 0.6 is 22.9 Å². The standard InChI is InChI=1S/C26H21ClN2OS/c1-17-6-13-21(14-7-17)29-24(19-8-11-20(27)12-9-19)16-31-26(29)28-23-15-10-18-4-2-3-5-22(18)25(23)30/h2-9,11-14,16,23H,10,15H2,1H3. The van der Waals surface area contributed by atoms with Crippen LogP contribution in [-0.4, -0.2) is 16.4 Å². The molecule has 5 rings (SSSR count). The van der Waals surface area contributed by atoms with Gasteiger partial charge in [0.1, 0.15) is 6.04 Å². The molecule has 0 saturated carbocycles.